The Balaban J connectivity index is 2.80. The summed E-state index contributed by atoms with van der Waals surface area (Å²) in [5, 5.41) is 3.98. The van der Waals surface area contributed by atoms with E-state index in [2.05, 4.69) is 37.4 Å². The standard InChI is InChI=1S/C13H23N3O2S/c1-7(2)9(8(3)4)6-15-12-10(13(17)18-5)11(14)16-19-12/h7-9,15H,6H2,1-5H3,(H2,14,16). The first-order valence-corrected chi connectivity index (χ1v) is 7.23. The molecular formula is C13H23N3O2S. The van der Waals surface area contributed by atoms with Crippen LogP contribution in [0.2, 0.25) is 0 Å². The average Bonchev–Trinajstić information content (AvgIpc) is 2.69. The van der Waals surface area contributed by atoms with Crippen LogP contribution >= 0.6 is 11.5 Å². The number of nitrogens with two attached hydrogens (primary N) is 1. The van der Waals surface area contributed by atoms with Gasteiger partial charge in [-0.2, -0.15) is 4.37 Å². The topological polar surface area (TPSA) is 77.2 Å². The van der Waals surface area contributed by atoms with E-state index in [0.29, 0.717) is 28.3 Å². The van der Waals surface area contributed by atoms with Gasteiger partial charge in [-0.15, -0.1) is 0 Å². The highest BCUT2D eigenvalue weighted by molar-refractivity contribution is 7.11. The van der Waals surface area contributed by atoms with Crippen LogP contribution in [0.5, 0.6) is 0 Å². The van der Waals surface area contributed by atoms with E-state index in [9.17, 15) is 4.79 Å². The average molecular weight is 285 g/mol. The maximum Gasteiger partial charge on any atom is 0.344 e. The zero-order valence-corrected chi connectivity index (χ0v) is 13.0. The SMILES string of the molecule is COC(=O)c1c(N)nsc1NCC(C(C)C)C(C)C. The predicted octanol–water partition coefficient (Wildman–Crippen LogP) is 2.85. The highest BCUT2D eigenvalue weighted by atomic mass is 32.1. The molecule has 0 amide bonds. The second-order valence-corrected chi connectivity index (χ2v) is 6.07. The molecule has 0 spiro atoms. The number of rotatable bonds is 6. The molecule has 108 valence electrons. The van der Waals surface area contributed by atoms with Crippen molar-refractivity contribution in [1.82, 2.24) is 4.37 Å². The minimum absolute atomic E-state index is 0.227. The largest absolute Gasteiger partial charge is 0.465 e. The molecule has 0 aliphatic rings. The Morgan fingerprint density at radius 1 is 1.37 bits per heavy atom. The fraction of sp³-hybridized carbons (Fsp3) is 0.692. The summed E-state index contributed by atoms with van der Waals surface area (Å²) in [6.45, 7) is 9.60. The second-order valence-electron chi connectivity index (χ2n) is 5.30. The molecule has 0 atom stereocenters. The van der Waals surface area contributed by atoms with Crippen LogP contribution in [-0.2, 0) is 4.74 Å². The van der Waals surface area contributed by atoms with Gasteiger partial charge in [-0.1, -0.05) is 27.7 Å². The van der Waals surface area contributed by atoms with E-state index < -0.39 is 5.97 Å². The second kappa shape index (κ2) is 6.75. The third-order valence-electron chi connectivity index (χ3n) is 3.32. The van der Waals surface area contributed by atoms with Crippen LogP contribution in [0.1, 0.15) is 38.1 Å². The van der Waals surface area contributed by atoms with E-state index >= 15 is 0 Å². The molecule has 3 N–H and O–H groups in total. The molecule has 1 aromatic rings. The summed E-state index contributed by atoms with van der Waals surface area (Å²) in [5.41, 5.74) is 6.05. The number of methoxy groups -OCH3 is 1. The fourth-order valence-electron chi connectivity index (χ4n) is 2.17. The number of anilines is 2. The maximum atomic E-state index is 11.7. The summed E-state index contributed by atoms with van der Waals surface area (Å²) in [7, 11) is 1.34. The highest BCUT2D eigenvalue weighted by Crippen LogP contribution is 2.29. The molecule has 0 aliphatic heterocycles. The van der Waals surface area contributed by atoms with Gasteiger partial charge in [-0.05, 0) is 29.3 Å². The van der Waals surface area contributed by atoms with Gasteiger partial charge >= 0.3 is 5.97 Å². The first kappa shape index (κ1) is 15.8. The van der Waals surface area contributed by atoms with Crippen molar-refractivity contribution in [2.75, 3.05) is 24.7 Å². The van der Waals surface area contributed by atoms with E-state index in [1.807, 2.05) is 0 Å². The first-order chi connectivity index (χ1) is 8.88. The van der Waals surface area contributed by atoms with E-state index in [4.69, 9.17) is 10.5 Å². The summed E-state index contributed by atoms with van der Waals surface area (Å²) in [4.78, 5) is 11.7. The lowest BCUT2D eigenvalue weighted by molar-refractivity contribution is 0.0603. The Bertz CT molecular complexity index is 422. The molecular weight excluding hydrogens is 262 g/mol. The van der Waals surface area contributed by atoms with Gasteiger partial charge in [-0.25, -0.2) is 4.79 Å². The maximum absolute atomic E-state index is 11.7. The third-order valence-corrected chi connectivity index (χ3v) is 4.14. The van der Waals surface area contributed by atoms with Gasteiger partial charge in [0.05, 0.1) is 7.11 Å². The van der Waals surface area contributed by atoms with Crippen molar-refractivity contribution in [1.29, 1.82) is 0 Å². The minimum atomic E-state index is -0.445. The van der Waals surface area contributed by atoms with E-state index in [0.717, 1.165) is 6.54 Å². The van der Waals surface area contributed by atoms with E-state index in [1.165, 1.54) is 18.6 Å². The normalized spacial score (nSPS) is 11.4. The molecule has 0 aliphatic carbocycles. The summed E-state index contributed by atoms with van der Waals surface area (Å²) >= 11 is 1.20. The molecule has 0 unspecified atom stereocenters. The van der Waals surface area contributed by atoms with Gasteiger partial charge in [0.15, 0.2) is 5.82 Å². The summed E-state index contributed by atoms with van der Waals surface area (Å²) in [5.74, 6) is 1.44. The molecule has 0 bridgehead atoms. The van der Waals surface area contributed by atoms with Crippen LogP contribution in [-0.4, -0.2) is 24.0 Å². The fourth-order valence-corrected chi connectivity index (χ4v) is 2.88. The van der Waals surface area contributed by atoms with Gasteiger partial charge in [0, 0.05) is 6.54 Å². The van der Waals surface area contributed by atoms with Crippen LogP contribution in [0.15, 0.2) is 0 Å². The molecule has 0 fully saturated rings. The van der Waals surface area contributed by atoms with Crippen molar-refractivity contribution in [3.8, 4) is 0 Å². The number of carbonyl (C=O) groups is 1. The molecule has 5 nitrogen and oxygen atoms in total. The number of nitrogens with zero attached hydrogens (tertiary/aromatic N) is 1. The molecule has 0 aromatic carbocycles. The van der Waals surface area contributed by atoms with Crippen molar-refractivity contribution in [3.63, 3.8) is 0 Å². The molecule has 0 saturated carbocycles. The van der Waals surface area contributed by atoms with Crippen molar-refractivity contribution >= 4 is 28.3 Å². The zero-order chi connectivity index (χ0) is 14.6. The number of esters is 1. The lowest BCUT2D eigenvalue weighted by Crippen LogP contribution is -2.24. The van der Waals surface area contributed by atoms with Gasteiger partial charge in [0.2, 0.25) is 0 Å². The number of aromatic nitrogens is 1. The molecule has 19 heavy (non-hydrogen) atoms. The smallest absolute Gasteiger partial charge is 0.344 e. The van der Waals surface area contributed by atoms with Crippen molar-refractivity contribution in [2.45, 2.75) is 27.7 Å². The highest BCUT2D eigenvalue weighted by Gasteiger charge is 2.22. The van der Waals surface area contributed by atoms with Gasteiger partial charge < -0.3 is 15.8 Å². The summed E-state index contributed by atoms with van der Waals surface area (Å²) in [6.07, 6.45) is 0. The number of nitrogens with one attached hydrogen (secondary N) is 1. The molecule has 0 saturated heterocycles. The van der Waals surface area contributed by atoms with Crippen LogP contribution < -0.4 is 11.1 Å². The third kappa shape index (κ3) is 3.83. The molecule has 6 heteroatoms. The van der Waals surface area contributed by atoms with E-state index in [-0.39, 0.29) is 5.82 Å². The Labute approximate surface area is 118 Å². The number of hydrogen-bond donors (Lipinski definition) is 2. The lowest BCUT2D eigenvalue weighted by atomic mass is 9.85. The minimum Gasteiger partial charge on any atom is -0.465 e. The van der Waals surface area contributed by atoms with Gasteiger partial charge in [0.1, 0.15) is 10.6 Å². The zero-order valence-electron chi connectivity index (χ0n) is 12.2. The Kier molecular flexibility index (Phi) is 5.60. The lowest BCUT2D eigenvalue weighted by Gasteiger charge is -2.25. The van der Waals surface area contributed by atoms with Crippen LogP contribution in [0.25, 0.3) is 0 Å². The number of hydrogen-bond acceptors (Lipinski definition) is 6. The van der Waals surface area contributed by atoms with Crippen molar-refractivity contribution in [3.05, 3.63) is 5.56 Å². The van der Waals surface area contributed by atoms with Gasteiger partial charge in [0.25, 0.3) is 0 Å². The van der Waals surface area contributed by atoms with Crippen molar-refractivity contribution in [2.24, 2.45) is 17.8 Å². The molecule has 1 rings (SSSR count). The summed E-state index contributed by atoms with van der Waals surface area (Å²) < 4.78 is 8.73. The number of ether oxygens (including phenoxy) is 1. The predicted molar refractivity (Wildman–Crippen MR) is 79.5 cm³/mol. The van der Waals surface area contributed by atoms with Crippen LogP contribution in [0, 0.1) is 17.8 Å². The molecule has 0 radical (unpaired) electrons. The quantitative estimate of drug-likeness (QED) is 0.786. The summed E-state index contributed by atoms with van der Waals surface area (Å²) in [6, 6.07) is 0. The Morgan fingerprint density at radius 3 is 2.42 bits per heavy atom. The van der Waals surface area contributed by atoms with Crippen molar-refractivity contribution < 1.29 is 9.53 Å². The molecule has 1 heterocycles. The molecule has 1 aromatic heterocycles. The number of carbonyl (C=O) groups excluding carboxylic acids is 1. The Morgan fingerprint density at radius 2 is 1.95 bits per heavy atom. The van der Waals surface area contributed by atoms with Crippen LogP contribution in [0.4, 0.5) is 10.8 Å². The van der Waals surface area contributed by atoms with Gasteiger partial charge in [-0.3, -0.25) is 0 Å². The van der Waals surface area contributed by atoms with E-state index in [1.54, 1.807) is 0 Å². The number of nitrogen functional groups attached to an aromatic ring is 1. The Hall–Kier alpha value is -1.30. The van der Waals surface area contributed by atoms with Crippen LogP contribution in [0.3, 0.4) is 0 Å². The first-order valence-electron chi connectivity index (χ1n) is 6.45. The monoisotopic (exact) mass is 285 g/mol.